The van der Waals surface area contributed by atoms with Gasteiger partial charge in [0.25, 0.3) is 0 Å². The van der Waals surface area contributed by atoms with Gasteiger partial charge in [-0.05, 0) is 74.0 Å². The number of ether oxygens (including phenoxy) is 9. The van der Waals surface area contributed by atoms with Gasteiger partial charge in [-0.2, -0.15) is 0 Å². The lowest BCUT2D eigenvalue weighted by Gasteiger charge is -2.63. The summed E-state index contributed by atoms with van der Waals surface area (Å²) >= 11 is 0. The summed E-state index contributed by atoms with van der Waals surface area (Å²) in [5.41, 5.74) is -2.50. The molecule has 9 rings (SSSR count). The van der Waals surface area contributed by atoms with E-state index in [1.165, 1.54) is 11.1 Å². The maximum atomic E-state index is 13.0. The molecule has 23 heteroatoms. The first-order valence-electron chi connectivity index (χ1n) is 26.6. The Labute approximate surface area is 430 Å². The van der Waals surface area contributed by atoms with Gasteiger partial charge in [-0.1, -0.05) is 52.7 Å². The highest BCUT2D eigenvalue weighted by atomic mass is 16.8. The van der Waals surface area contributed by atoms with Gasteiger partial charge in [-0.15, -0.1) is 0 Å². The standard InChI is InChI=1S/C51H82O23/c1-7-25(55)27-14-22(2)51(74-27)31(57)15-48(5)24-8-9-30-46(3,23(24)10-13-49(48,51)6)12-11-32(47(30,4)19-53)71-42-38(63)36(61)35(60)29(70-42)18-67-43-39(33(58)26(56)17-66-43)72-44-40(37(62)34(59)28(16-52)69-44)73-45-41(64)50(65,20-54)21-68-45/h22,26-45,52-54,56-65H,7-21H2,1-6H3. The molecule has 424 valence electrons. The van der Waals surface area contributed by atoms with Crippen LogP contribution >= 0.6 is 0 Å². The number of allylic oxidation sites excluding steroid dienone is 2. The van der Waals surface area contributed by atoms with Gasteiger partial charge >= 0.3 is 0 Å². The second kappa shape index (κ2) is 20.9. The van der Waals surface area contributed by atoms with Gasteiger partial charge in [0.1, 0.15) is 90.6 Å². The van der Waals surface area contributed by atoms with Crippen LogP contribution in [0.4, 0.5) is 0 Å². The molecule has 27 atom stereocenters. The van der Waals surface area contributed by atoms with Crippen LogP contribution in [-0.4, -0.2) is 240 Å². The molecule has 13 N–H and O–H groups in total. The molecule has 0 radical (unpaired) electrons. The smallest absolute Gasteiger partial charge is 0.187 e. The predicted molar refractivity (Wildman–Crippen MR) is 250 cm³/mol. The number of hydrogen-bond donors (Lipinski definition) is 13. The summed E-state index contributed by atoms with van der Waals surface area (Å²) in [5.74, 6) is -0.0795. The zero-order valence-electron chi connectivity index (χ0n) is 43.1. The van der Waals surface area contributed by atoms with Crippen molar-refractivity contribution in [3.8, 4) is 0 Å². The highest BCUT2D eigenvalue weighted by Crippen LogP contribution is 2.75. The zero-order chi connectivity index (χ0) is 53.8. The normalized spacial score (nSPS) is 54.6. The van der Waals surface area contributed by atoms with Crippen molar-refractivity contribution < 1.29 is 114 Å². The van der Waals surface area contributed by atoms with Gasteiger partial charge in [-0.3, -0.25) is 4.79 Å². The maximum Gasteiger partial charge on any atom is 0.187 e. The summed E-state index contributed by atoms with van der Waals surface area (Å²) in [4.78, 5) is 13.0. The lowest BCUT2D eigenvalue weighted by Crippen LogP contribution is -2.65. The Balaban J connectivity index is 0.897. The minimum Gasteiger partial charge on any atom is -0.396 e. The van der Waals surface area contributed by atoms with Crippen molar-refractivity contribution in [3.05, 3.63) is 11.1 Å². The molecular weight excluding hydrogens is 981 g/mol. The number of aliphatic hydroxyl groups is 13. The lowest BCUT2D eigenvalue weighted by molar-refractivity contribution is -0.378. The van der Waals surface area contributed by atoms with Crippen molar-refractivity contribution in [1.29, 1.82) is 0 Å². The third-order valence-electron chi connectivity index (χ3n) is 20.2. The van der Waals surface area contributed by atoms with Crippen LogP contribution in [0.25, 0.3) is 0 Å². The number of carbonyl (C=O) groups excluding carboxylic acids is 1. The Morgan fingerprint density at radius 1 is 0.716 bits per heavy atom. The van der Waals surface area contributed by atoms with E-state index in [1.54, 1.807) is 0 Å². The van der Waals surface area contributed by atoms with E-state index in [9.17, 15) is 71.2 Å². The summed E-state index contributed by atoms with van der Waals surface area (Å²) < 4.78 is 54.1. The van der Waals surface area contributed by atoms with Gasteiger partial charge in [0.15, 0.2) is 30.9 Å². The molecule has 0 amide bonds. The van der Waals surface area contributed by atoms with Crippen molar-refractivity contribution in [2.45, 2.75) is 227 Å². The minimum absolute atomic E-state index is 0.0283. The van der Waals surface area contributed by atoms with E-state index >= 15 is 0 Å². The molecule has 23 nitrogen and oxygen atoms in total. The first kappa shape index (κ1) is 57.2. The quantitative estimate of drug-likeness (QED) is 0.0779. The van der Waals surface area contributed by atoms with Crippen molar-refractivity contribution in [3.63, 3.8) is 0 Å². The van der Waals surface area contributed by atoms with Crippen LogP contribution in [0, 0.1) is 33.5 Å². The third-order valence-corrected chi connectivity index (χ3v) is 20.2. The van der Waals surface area contributed by atoms with E-state index in [0.29, 0.717) is 44.9 Å². The average molecular weight is 1060 g/mol. The number of carbonyl (C=O) groups is 1. The SMILES string of the molecule is CCC(=O)C1CC(C)C2(O1)C(O)CC1(C)C3=C(CCC12C)C1(C)CCC(OC2OC(COC4OCC(O)C(O)C4OC4OC(CO)C(O)C(O)C4OC4OCC(O)(CO)C4O)C(O)C(O)C2O)C(C)(CO)C1CC3. The fraction of sp³-hybridized carbons (Fsp3) is 0.941. The molecule has 7 fully saturated rings. The molecule has 0 aromatic carbocycles. The first-order chi connectivity index (χ1) is 34.8. The number of aliphatic hydroxyl groups excluding tert-OH is 12. The fourth-order valence-electron chi connectivity index (χ4n) is 15.5. The minimum atomic E-state index is -2.14. The van der Waals surface area contributed by atoms with Crippen LogP contribution in [0.15, 0.2) is 11.1 Å². The Bertz CT molecular complexity index is 2050. The summed E-state index contributed by atoms with van der Waals surface area (Å²) in [6, 6.07) is 0. The molecule has 5 heterocycles. The van der Waals surface area contributed by atoms with Crippen molar-refractivity contribution >= 4 is 5.78 Å². The van der Waals surface area contributed by atoms with E-state index in [2.05, 4.69) is 27.7 Å². The van der Waals surface area contributed by atoms with E-state index in [1.807, 2.05) is 13.8 Å². The van der Waals surface area contributed by atoms with Gasteiger partial charge in [0.05, 0.1) is 51.8 Å². The van der Waals surface area contributed by atoms with Crippen molar-refractivity contribution in [2.24, 2.45) is 33.5 Å². The second-order valence-corrected chi connectivity index (χ2v) is 23.9. The van der Waals surface area contributed by atoms with E-state index < -0.39 is 177 Å². The maximum absolute atomic E-state index is 13.0. The molecule has 4 aliphatic carbocycles. The van der Waals surface area contributed by atoms with Crippen LogP contribution < -0.4 is 0 Å². The predicted octanol–water partition coefficient (Wildman–Crippen LogP) is -2.86. The van der Waals surface area contributed by atoms with E-state index in [0.717, 1.165) is 12.8 Å². The molecule has 2 saturated carbocycles. The topological polar surface area (TPSA) is 363 Å². The second-order valence-electron chi connectivity index (χ2n) is 23.9. The van der Waals surface area contributed by atoms with Gasteiger partial charge < -0.3 is 109 Å². The lowest BCUT2D eigenvalue weighted by atomic mass is 9.42. The molecule has 0 aromatic heterocycles. The Morgan fingerprint density at radius 3 is 2.05 bits per heavy atom. The molecule has 0 aromatic rings. The van der Waals surface area contributed by atoms with E-state index in [-0.39, 0.29) is 29.6 Å². The Hall–Kier alpha value is -1.47. The van der Waals surface area contributed by atoms with Crippen molar-refractivity contribution in [1.82, 2.24) is 0 Å². The molecule has 9 aliphatic rings. The number of ketones is 1. The highest BCUT2D eigenvalue weighted by Gasteiger charge is 2.75. The third kappa shape index (κ3) is 8.74. The summed E-state index contributed by atoms with van der Waals surface area (Å²) in [6.45, 7) is 8.97. The van der Waals surface area contributed by atoms with Crippen LogP contribution in [0.2, 0.25) is 0 Å². The molecule has 5 saturated heterocycles. The van der Waals surface area contributed by atoms with Crippen molar-refractivity contribution in [2.75, 3.05) is 39.6 Å². The first-order valence-corrected chi connectivity index (χ1v) is 26.6. The summed E-state index contributed by atoms with van der Waals surface area (Å²) in [6.07, 6.45) is -23.9. The van der Waals surface area contributed by atoms with Crippen LogP contribution in [-0.2, 0) is 47.4 Å². The molecule has 5 aliphatic heterocycles. The monoisotopic (exact) mass is 1060 g/mol. The van der Waals surface area contributed by atoms with E-state index in [4.69, 9.17) is 42.6 Å². The molecule has 74 heavy (non-hydrogen) atoms. The molecular formula is C51H82O23. The van der Waals surface area contributed by atoms with Gasteiger partial charge in [-0.25, -0.2) is 0 Å². The Morgan fingerprint density at radius 2 is 1.39 bits per heavy atom. The van der Waals surface area contributed by atoms with Crippen LogP contribution in [0.3, 0.4) is 0 Å². The number of Topliss-reactive ketones (excluding diaryl/α,β-unsaturated/α-hetero) is 1. The zero-order valence-corrected chi connectivity index (χ0v) is 43.1. The number of fused-ring (bicyclic) bond motifs is 5. The van der Waals surface area contributed by atoms with Crippen LogP contribution in [0.1, 0.15) is 99.3 Å². The van der Waals surface area contributed by atoms with Gasteiger partial charge in [0.2, 0.25) is 0 Å². The largest absolute Gasteiger partial charge is 0.396 e. The fourth-order valence-corrected chi connectivity index (χ4v) is 15.5. The molecule has 0 bridgehead atoms. The van der Waals surface area contributed by atoms with Gasteiger partial charge in [0, 0.05) is 17.3 Å². The number of hydrogen-bond acceptors (Lipinski definition) is 23. The Kier molecular flexibility index (Phi) is 16.1. The number of rotatable bonds is 14. The molecule has 1 spiro atoms. The summed E-state index contributed by atoms with van der Waals surface area (Å²) in [7, 11) is 0. The average Bonchev–Trinajstić information content (AvgIpc) is 3.95. The molecule has 27 unspecified atom stereocenters. The summed E-state index contributed by atoms with van der Waals surface area (Å²) in [5, 5.41) is 142. The van der Waals surface area contributed by atoms with Crippen LogP contribution in [0.5, 0.6) is 0 Å². The highest BCUT2D eigenvalue weighted by molar-refractivity contribution is 5.83.